The lowest BCUT2D eigenvalue weighted by Gasteiger charge is -2.21. The van der Waals surface area contributed by atoms with Gasteiger partial charge in [0.1, 0.15) is 25.4 Å². The standard InChI is InChI=1S/C71H114O16P2/c1-4-7-10-13-16-19-22-25-27-29-31-32-34-36-37-40-42-45-48-51-54-57-69(74)81-60-66(72)61-83-88(77,78)84-62-67(73)63-85-89(79,80)86-65-68(87-71(76)59-56-53-50-47-44-39-24-21-18-15-12-9-6-3)64-82-70(75)58-55-52-49-46-43-41-38-35-33-30-28-26-23-20-17-14-11-8-5-2/h7-8,10-12,15-17,19-21,24-28,31-33,35-37,41,43,49,52,66-68,72-73H,4-6,9,13-14,18,22-23,29-30,34,38-40,42,44-48,50-51,53-65H2,1-3H3,(H,77,78)(H,79,80)/b10-7-,11-8-,15-12-,19-16-,20-17-,24-21-,27-25-,28-26-,32-31-,35-33-,37-36-,43-41-,52-49-. The molecule has 0 aromatic heterocycles. The van der Waals surface area contributed by atoms with Crippen LogP contribution in [0.4, 0.5) is 0 Å². The van der Waals surface area contributed by atoms with Crippen molar-refractivity contribution in [2.45, 2.75) is 232 Å². The van der Waals surface area contributed by atoms with Crippen LogP contribution in [-0.2, 0) is 55.8 Å². The molecule has 0 rings (SSSR count). The summed E-state index contributed by atoms with van der Waals surface area (Å²) in [4.78, 5) is 58.2. The molecule has 0 aliphatic carbocycles. The number of rotatable bonds is 60. The van der Waals surface area contributed by atoms with Crippen molar-refractivity contribution in [3.63, 3.8) is 0 Å². The molecule has 5 atom stereocenters. The predicted molar refractivity (Wildman–Crippen MR) is 362 cm³/mol. The molecule has 5 unspecified atom stereocenters. The number of aliphatic hydroxyl groups excluding tert-OH is 2. The summed E-state index contributed by atoms with van der Waals surface area (Å²) in [6.45, 7) is 2.20. The average Bonchev–Trinajstić information content (AvgIpc) is 3.72. The molecule has 0 saturated heterocycles. The molecule has 0 saturated carbocycles. The second-order valence-corrected chi connectivity index (χ2v) is 24.1. The lowest BCUT2D eigenvalue weighted by atomic mass is 10.1. The molecule has 0 spiro atoms. The molecule has 18 heteroatoms. The van der Waals surface area contributed by atoms with Crippen LogP contribution in [-0.4, -0.2) is 95.9 Å². The zero-order valence-corrected chi connectivity index (χ0v) is 56.1. The second-order valence-electron chi connectivity index (χ2n) is 21.1. The molecule has 0 aliphatic heterocycles. The number of phosphoric acid groups is 2. The van der Waals surface area contributed by atoms with Crippen LogP contribution in [0.5, 0.6) is 0 Å². The summed E-state index contributed by atoms with van der Waals surface area (Å²) in [6.07, 6.45) is 76.0. The van der Waals surface area contributed by atoms with Crippen LogP contribution < -0.4 is 0 Å². The van der Waals surface area contributed by atoms with Gasteiger partial charge in [0.15, 0.2) is 6.10 Å². The summed E-state index contributed by atoms with van der Waals surface area (Å²) in [5.74, 6) is -1.72. The first-order valence-corrected chi connectivity index (χ1v) is 35.8. The van der Waals surface area contributed by atoms with Crippen molar-refractivity contribution >= 4 is 33.6 Å². The number of carbonyl (C=O) groups excluding carboxylic acids is 3. The second kappa shape index (κ2) is 63.3. The molecule has 0 heterocycles. The van der Waals surface area contributed by atoms with Crippen LogP contribution in [0.15, 0.2) is 158 Å². The van der Waals surface area contributed by atoms with E-state index in [-0.39, 0.29) is 19.3 Å². The fraction of sp³-hybridized carbons (Fsp3) is 0.592. The van der Waals surface area contributed by atoms with Gasteiger partial charge >= 0.3 is 33.6 Å². The smallest absolute Gasteiger partial charge is 0.463 e. The van der Waals surface area contributed by atoms with E-state index in [2.05, 4.69) is 161 Å². The highest BCUT2D eigenvalue weighted by molar-refractivity contribution is 7.47. The van der Waals surface area contributed by atoms with Crippen LogP contribution in [0.2, 0.25) is 0 Å². The van der Waals surface area contributed by atoms with Crippen molar-refractivity contribution in [3.8, 4) is 0 Å². The zero-order valence-electron chi connectivity index (χ0n) is 54.3. The summed E-state index contributed by atoms with van der Waals surface area (Å²) in [5.41, 5.74) is 0. The molecule has 0 bridgehead atoms. The van der Waals surface area contributed by atoms with Crippen LogP contribution in [0, 0.1) is 0 Å². The first-order chi connectivity index (χ1) is 43.2. The van der Waals surface area contributed by atoms with Gasteiger partial charge in [-0.15, -0.1) is 0 Å². The fourth-order valence-corrected chi connectivity index (χ4v) is 9.36. The normalized spacial score (nSPS) is 15.3. The van der Waals surface area contributed by atoms with E-state index in [0.717, 1.165) is 148 Å². The molecule has 4 N–H and O–H groups in total. The third-order valence-electron chi connectivity index (χ3n) is 12.7. The van der Waals surface area contributed by atoms with Crippen LogP contribution in [0.3, 0.4) is 0 Å². The molecule has 16 nitrogen and oxygen atoms in total. The van der Waals surface area contributed by atoms with E-state index in [1.54, 1.807) is 0 Å². The minimum absolute atomic E-state index is 0.0359. The van der Waals surface area contributed by atoms with Gasteiger partial charge in [0.25, 0.3) is 0 Å². The van der Waals surface area contributed by atoms with Crippen molar-refractivity contribution in [3.05, 3.63) is 158 Å². The minimum Gasteiger partial charge on any atom is -0.463 e. The van der Waals surface area contributed by atoms with Gasteiger partial charge in [-0.2, -0.15) is 0 Å². The molecule has 504 valence electrons. The molecule has 0 amide bonds. The topological polar surface area (TPSA) is 231 Å². The Kier molecular flexibility index (Phi) is 59.9. The van der Waals surface area contributed by atoms with Gasteiger partial charge in [0.05, 0.1) is 26.4 Å². The van der Waals surface area contributed by atoms with E-state index in [4.69, 9.17) is 32.3 Å². The van der Waals surface area contributed by atoms with E-state index in [0.29, 0.717) is 25.7 Å². The Bertz CT molecular complexity index is 2250. The summed E-state index contributed by atoms with van der Waals surface area (Å²) in [7, 11) is -9.82. The number of carbonyl (C=O) groups is 3. The first kappa shape index (κ1) is 84.2. The Morgan fingerprint density at radius 2 is 0.618 bits per heavy atom. The van der Waals surface area contributed by atoms with Gasteiger partial charge in [-0.05, 0) is 128 Å². The predicted octanol–water partition coefficient (Wildman–Crippen LogP) is 18.0. The maximum atomic E-state index is 12.9. The van der Waals surface area contributed by atoms with Crippen molar-refractivity contribution in [2.75, 3.05) is 39.6 Å². The summed E-state index contributed by atoms with van der Waals surface area (Å²) < 4.78 is 60.7. The third kappa shape index (κ3) is 64.5. The van der Waals surface area contributed by atoms with Crippen LogP contribution in [0.1, 0.15) is 213 Å². The van der Waals surface area contributed by atoms with E-state index in [1.165, 1.54) is 0 Å². The number of esters is 3. The van der Waals surface area contributed by atoms with Crippen LogP contribution >= 0.6 is 15.6 Å². The Morgan fingerprint density at radius 3 is 1.01 bits per heavy atom. The number of ether oxygens (including phenoxy) is 3. The highest BCUT2D eigenvalue weighted by Crippen LogP contribution is 2.45. The molecule has 0 aromatic rings. The number of phosphoric ester groups is 2. The molecule has 0 radical (unpaired) electrons. The minimum atomic E-state index is -4.95. The highest BCUT2D eigenvalue weighted by Gasteiger charge is 2.29. The van der Waals surface area contributed by atoms with Crippen molar-refractivity contribution in [1.82, 2.24) is 0 Å². The van der Waals surface area contributed by atoms with Crippen molar-refractivity contribution < 1.29 is 75.8 Å². The van der Waals surface area contributed by atoms with Crippen molar-refractivity contribution in [1.29, 1.82) is 0 Å². The number of aliphatic hydroxyl groups is 2. The number of allylic oxidation sites excluding steroid dienone is 26. The summed E-state index contributed by atoms with van der Waals surface area (Å²) in [6, 6.07) is 0. The van der Waals surface area contributed by atoms with Gasteiger partial charge < -0.3 is 34.2 Å². The van der Waals surface area contributed by atoms with Crippen LogP contribution in [0.25, 0.3) is 0 Å². The molecular weight excluding hydrogens is 1170 g/mol. The number of hydrogen-bond acceptors (Lipinski definition) is 14. The monoisotopic (exact) mass is 1280 g/mol. The van der Waals surface area contributed by atoms with Gasteiger partial charge in [-0.1, -0.05) is 224 Å². The summed E-state index contributed by atoms with van der Waals surface area (Å²) in [5, 5.41) is 20.5. The number of hydrogen-bond donors (Lipinski definition) is 4. The van der Waals surface area contributed by atoms with E-state index < -0.39 is 91.5 Å². The fourth-order valence-electron chi connectivity index (χ4n) is 7.78. The average molecular weight is 1290 g/mol. The maximum Gasteiger partial charge on any atom is 0.472 e. The van der Waals surface area contributed by atoms with Gasteiger partial charge in [-0.3, -0.25) is 32.5 Å². The van der Waals surface area contributed by atoms with E-state index in [9.17, 15) is 43.5 Å². The molecule has 0 fully saturated rings. The van der Waals surface area contributed by atoms with E-state index >= 15 is 0 Å². The Labute approximate surface area is 536 Å². The quantitative estimate of drug-likeness (QED) is 0.0146. The van der Waals surface area contributed by atoms with E-state index in [1.807, 2.05) is 18.2 Å². The molecule has 0 aromatic carbocycles. The number of unbranched alkanes of at least 4 members (excludes halogenated alkanes) is 11. The summed E-state index contributed by atoms with van der Waals surface area (Å²) >= 11 is 0. The molecular formula is C71H114O16P2. The largest absolute Gasteiger partial charge is 0.472 e. The Balaban J connectivity index is 4.75. The lowest BCUT2D eigenvalue weighted by molar-refractivity contribution is -0.161. The Morgan fingerprint density at radius 1 is 0.326 bits per heavy atom. The van der Waals surface area contributed by atoms with Gasteiger partial charge in [-0.25, -0.2) is 9.13 Å². The maximum absolute atomic E-state index is 12.9. The molecule has 0 aliphatic rings. The Hall–Kier alpha value is -4.83. The first-order valence-electron chi connectivity index (χ1n) is 32.8. The van der Waals surface area contributed by atoms with Gasteiger partial charge in [0, 0.05) is 19.3 Å². The molecule has 89 heavy (non-hydrogen) atoms. The lowest BCUT2D eigenvalue weighted by Crippen LogP contribution is -2.30. The zero-order chi connectivity index (χ0) is 65.3. The third-order valence-corrected chi connectivity index (χ3v) is 14.6. The van der Waals surface area contributed by atoms with Gasteiger partial charge in [0.2, 0.25) is 0 Å². The highest BCUT2D eigenvalue weighted by atomic mass is 31.2. The van der Waals surface area contributed by atoms with Crippen molar-refractivity contribution in [2.24, 2.45) is 0 Å². The SMILES string of the molecule is CC/C=C\C/C=C\C/C=C\C/C=C\C/C=C\C/C=C\CCC(=O)OCC(COP(=O)(O)OCC(O)COP(=O)(O)OCC(O)COC(=O)CCCCCCC/C=C\C/C=C\C/C=C\C/C=C\C/C=C\CC)OC(=O)CCCCCCC/C=C\C/C=C\CCC.